The van der Waals surface area contributed by atoms with Crippen LogP contribution in [0.1, 0.15) is 23.3 Å². The Kier molecular flexibility index (Phi) is 3.57. The molecule has 1 aliphatic carbocycles. The molecule has 0 aromatic carbocycles. The van der Waals surface area contributed by atoms with E-state index in [1.54, 1.807) is 14.1 Å². The molecule has 1 aromatic heterocycles. The highest BCUT2D eigenvalue weighted by atomic mass is 32.2. The molecule has 92 valence electrons. The average Bonchev–Trinajstić information content (AvgIpc) is 3.12. The van der Waals surface area contributed by atoms with Gasteiger partial charge in [0.05, 0.1) is 11.1 Å². The molecular weight excluding hydrogens is 236 g/mol. The summed E-state index contributed by atoms with van der Waals surface area (Å²) in [6.07, 6.45) is 4.35. The normalized spacial score (nSPS) is 14.5. The van der Waals surface area contributed by atoms with E-state index in [1.807, 2.05) is 18.4 Å². The molecule has 1 fully saturated rings. The maximum Gasteiger partial charge on any atom is 0.275 e. The lowest BCUT2D eigenvalue weighted by Crippen LogP contribution is -2.24. The van der Waals surface area contributed by atoms with Crippen molar-refractivity contribution in [3.63, 3.8) is 0 Å². The Balaban J connectivity index is 2.31. The van der Waals surface area contributed by atoms with Gasteiger partial charge < -0.3 is 9.64 Å². The summed E-state index contributed by atoms with van der Waals surface area (Å²) in [5.74, 6) is 0.487. The first-order valence-electron chi connectivity index (χ1n) is 5.55. The molecule has 0 spiro atoms. The Labute approximate surface area is 105 Å². The molecule has 5 heteroatoms. The molecule has 0 atom stereocenters. The monoisotopic (exact) mass is 252 g/mol. The zero-order chi connectivity index (χ0) is 12.4. The molecular formula is C12H16N2O2S. The van der Waals surface area contributed by atoms with E-state index in [0.717, 1.165) is 17.9 Å². The number of carbonyl (C=O) groups is 1. The fraction of sp³-hybridized carbons (Fsp3) is 0.500. The molecule has 17 heavy (non-hydrogen) atoms. The van der Waals surface area contributed by atoms with Crippen LogP contribution < -0.4 is 4.74 Å². The molecule has 0 unspecified atom stereocenters. The van der Waals surface area contributed by atoms with Gasteiger partial charge in [0.15, 0.2) is 11.4 Å². The summed E-state index contributed by atoms with van der Waals surface area (Å²) >= 11 is 1.52. The van der Waals surface area contributed by atoms with E-state index in [1.165, 1.54) is 16.7 Å². The van der Waals surface area contributed by atoms with Crippen molar-refractivity contribution in [1.29, 1.82) is 0 Å². The third-order valence-electron chi connectivity index (χ3n) is 2.47. The second-order valence-electron chi connectivity index (χ2n) is 4.22. The summed E-state index contributed by atoms with van der Waals surface area (Å²) in [7, 11) is 3.44. The fourth-order valence-electron chi connectivity index (χ4n) is 1.37. The van der Waals surface area contributed by atoms with Gasteiger partial charge in [-0.2, -0.15) is 0 Å². The van der Waals surface area contributed by atoms with Crippen LogP contribution in [0.2, 0.25) is 0 Å². The molecule has 4 nitrogen and oxygen atoms in total. The Morgan fingerprint density at radius 1 is 1.47 bits per heavy atom. The zero-order valence-corrected chi connectivity index (χ0v) is 11.1. The van der Waals surface area contributed by atoms with Crippen LogP contribution in [0.4, 0.5) is 0 Å². The summed E-state index contributed by atoms with van der Waals surface area (Å²) in [5, 5.41) is 0.832. The van der Waals surface area contributed by atoms with Crippen molar-refractivity contribution in [3.8, 4) is 5.75 Å². The van der Waals surface area contributed by atoms with Crippen LogP contribution >= 0.6 is 11.8 Å². The number of rotatable bonds is 4. The molecule has 0 bridgehead atoms. The highest BCUT2D eigenvalue weighted by Gasteiger charge is 2.27. The first kappa shape index (κ1) is 12.2. The van der Waals surface area contributed by atoms with Crippen LogP contribution in [0.3, 0.4) is 0 Å². The summed E-state index contributed by atoms with van der Waals surface area (Å²) in [4.78, 5) is 17.9. The molecule has 0 N–H and O–H groups in total. The third-order valence-corrected chi connectivity index (χ3v) is 3.11. The van der Waals surface area contributed by atoms with E-state index in [-0.39, 0.29) is 12.0 Å². The van der Waals surface area contributed by atoms with Crippen LogP contribution in [0.25, 0.3) is 0 Å². The molecule has 1 aliphatic rings. The smallest absolute Gasteiger partial charge is 0.275 e. The Bertz CT molecular complexity index is 431. The number of thioether (sulfide) groups is 1. The van der Waals surface area contributed by atoms with Crippen molar-refractivity contribution in [3.05, 3.63) is 17.8 Å². The lowest BCUT2D eigenvalue weighted by Gasteiger charge is -2.14. The molecule has 1 aromatic rings. The van der Waals surface area contributed by atoms with Gasteiger partial charge in [-0.1, -0.05) is 0 Å². The van der Waals surface area contributed by atoms with Crippen molar-refractivity contribution < 1.29 is 9.53 Å². The molecule has 1 saturated carbocycles. The zero-order valence-electron chi connectivity index (χ0n) is 10.3. The highest BCUT2D eigenvalue weighted by molar-refractivity contribution is 7.98. The minimum atomic E-state index is -0.114. The quantitative estimate of drug-likeness (QED) is 0.769. The van der Waals surface area contributed by atoms with Crippen LogP contribution in [0.15, 0.2) is 17.2 Å². The number of carbonyl (C=O) groups excluding carboxylic acids is 1. The van der Waals surface area contributed by atoms with Crippen LogP contribution in [-0.4, -0.2) is 42.2 Å². The maximum atomic E-state index is 12.0. The predicted molar refractivity (Wildman–Crippen MR) is 67.7 cm³/mol. The van der Waals surface area contributed by atoms with Crippen LogP contribution in [-0.2, 0) is 0 Å². The van der Waals surface area contributed by atoms with Crippen molar-refractivity contribution >= 4 is 17.7 Å². The number of nitrogens with zero attached hydrogens (tertiary/aromatic N) is 2. The first-order valence-corrected chi connectivity index (χ1v) is 6.77. The van der Waals surface area contributed by atoms with E-state index < -0.39 is 0 Å². The van der Waals surface area contributed by atoms with Crippen molar-refractivity contribution in [2.24, 2.45) is 0 Å². The van der Waals surface area contributed by atoms with Gasteiger partial charge in [-0.05, 0) is 31.2 Å². The highest BCUT2D eigenvalue weighted by Crippen LogP contribution is 2.30. The second-order valence-corrected chi connectivity index (χ2v) is 5.04. The van der Waals surface area contributed by atoms with Gasteiger partial charge in [0.2, 0.25) is 0 Å². The predicted octanol–water partition coefficient (Wildman–Crippen LogP) is 2.05. The van der Waals surface area contributed by atoms with Gasteiger partial charge in [-0.25, -0.2) is 4.98 Å². The van der Waals surface area contributed by atoms with Crippen molar-refractivity contribution in [1.82, 2.24) is 9.88 Å². The van der Waals surface area contributed by atoms with E-state index in [2.05, 4.69) is 4.98 Å². The van der Waals surface area contributed by atoms with E-state index in [0.29, 0.717) is 11.4 Å². The molecule has 0 radical (unpaired) electrons. The van der Waals surface area contributed by atoms with Gasteiger partial charge >= 0.3 is 0 Å². The van der Waals surface area contributed by atoms with Crippen molar-refractivity contribution in [2.75, 3.05) is 20.4 Å². The second kappa shape index (κ2) is 4.96. The molecule has 1 amide bonds. The number of hydrogen-bond donors (Lipinski definition) is 0. The van der Waals surface area contributed by atoms with Gasteiger partial charge in [-0.3, -0.25) is 4.79 Å². The van der Waals surface area contributed by atoms with Crippen molar-refractivity contribution in [2.45, 2.75) is 24.0 Å². The van der Waals surface area contributed by atoms with Gasteiger partial charge in [-0.15, -0.1) is 11.8 Å². The Morgan fingerprint density at radius 3 is 2.71 bits per heavy atom. The lowest BCUT2D eigenvalue weighted by atomic mass is 10.3. The molecule has 0 aliphatic heterocycles. The number of aromatic nitrogens is 1. The number of ether oxygens (including phenoxy) is 1. The third kappa shape index (κ3) is 2.91. The SMILES string of the molecule is CSc1ccc(OC2CC2)c(C(=O)N(C)C)n1. The number of amides is 1. The Hall–Kier alpha value is -1.23. The topological polar surface area (TPSA) is 42.4 Å². The summed E-state index contributed by atoms with van der Waals surface area (Å²) in [5.41, 5.74) is 0.411. The van der Waals surface area contributed by atoms with E-state index in [4.69, 9.17) is 4.74 Å². The number of pyridine rings is 1. The Morgan fingerprint density at radius 2 is 2.18 bits per heavy atom. The summed E-state index contributed by atoms with van der Waals surface area (Å²) < 4.78 is 5.71. The average molecular weight is 252 g/mol. The number of hydrogen-bond acceptors (Lipinski definition) is 4. The lowest BCUT2D eigenvalue weighted by molar-refractivity contribution is 0.0816. The van der Waals surface area contributed by atoms with Crippen LogP contribution in [0.5, 0.6) is 5.75 Å². The standard InChI is InChI=1S/C12H16N2O2S/c1-14(2)12(15)11-9(16-8-4-5-8)6-7-10(13-11)17-3/h6-8H,4-5H2,1-3H3. The van der Waals surface area contributed by atoms with E-state index >= 15 is 0 Å². The molecule has 0 saturated heterocycles. The van der Waals surface area contributed by atoms with Gasteiger partial charge in [0.25, 0.3) is 5.91 Å². The van der Waals surface area contributed by atoms with Crippen LogP contribution in [0, 0.1) is 0 Å². The molecule has 1 heterocycles. The maximum absolute atomic E-state index is 12.0. The summed E-state index contributed by atoms with van der Waals surface area (Å²) in [6.45, 7) is 0. The van der Waals surface area contributed by atoms with Gasteiger partial charge in [0, 0.05) is 14.1 Å². The molecule has 2 rings (SSSR count). The largest absolute Gasteiger partial charge is 0.488 e. The first-order chi connectivity index (χ1) is 8.11. The fourth-order valence-corrected chi connectivity index (χ4v) is 1.75. The summed E-state index contributed by atoms with van der Waals surface area (Å²) in [6, 6.07) is 3.72. The van der Waals surface area contributed by atoms with E-state index in [9.17, 15) is 4.79 Å². The van der Waals surface area contributed by atoms with Gasteiger partial charge in [0.1, 0.15) is 0 Å². The minimum Gasteiger partial charge on any atom is -0.488 e. The minimum absolute atomic E-state index is 0.114.